The van der Waals surface area contributed by atoms with Gasteiger partial charge in [0.15, 0.2) is 11.4 Å². The van der Waals surface area contributed by atoms with Crippen LogP contribution in [0.5, 0.6) is 0 Å². The highest BCUT2D eigenvalue weighted by molar-refractivity contribution is 5.84. The zero-order valence-electron chi connectivity index (χ0n) is 8.83. The smallest absolute Gasteiger partial charge is 0.157 e. The highest BCUT2D eigenvalue weighted by Crippen LogP contribution is 2.16. The minimum atomic E-state index is 0.293. The second-order valence-corrected chi connectivity index (χ2v) is 3.98. The fraction of sp³-hybridized carbons (Fsp3) is 0.364. The Hall–Kier alpha value is -1.91. The number of nitrogens with zero attached hydrogens (tertiary/aromatic N) is 4. The second-order valence-electron chi connectivity index (χ2n) is 3.98. The Morgan fingerprint density at radius 1 is 1.31 bits per heavy atom. The van der Waals surface area contributed by atoms with Crippen molar-refractivity contribution in [3.63, 3.8) is 0 Å². The monoisotopic (exact) mass is 216 g/mol. The third-order valence-electron chi connectivity index (χ3n) is 2.82. The van der Waals surface area contributed by atoms with Crippen LogP contribution < -0.4 is 4.90 Å². The van der Waals surface area contributed by atoms with Gasteiger partial charge in [-0.05, 0) is 12.5 Å². The highest BCUT2D eigenvalue weighted by atomic mass is 16.1. The number of hydrogen-bond donors (Lipinski definition) is 0. The number of carbonyl (C=O) groups is 1. The van der Waals surface area contributed by atoms with Gasteiger partial charge in [0.1, 0.15) is 5.82 Å². The summed E-state index contributed by atoms with van der Waals surface area (Å²) >= 11 is 0. The van der Waals surface area contributed by atoms with Crippen molar-refractivity contribution in [2.45, 2.75) is 12.8 Å². The van der Waals surface area contributed by atoms with Gasteiger partial charge in [0, 0.05) is 25.2 Å². The molecule has 2 aromatic rings. The Bertz CT molecular complexity index is 534. The molecule has 5 nitrogen and oxygen atoms in total. The van der Waals surface area contributed by atoms with Crippen molar-refractivity contribution in [2.24, 2.45) is 0 Å². The van der Waals surface area contributed by atoms with E-state index in [9.17, 15) is 4.79 Å². The van der Waals surface area contributed by atoms with Crippen molar-refractivity contribution in [1.29, 1.82) is 0 Å². The topological polar surface area (TPSA) is 50.5 Å². The molecular weight excluding hydrogens is 204 g/mol. The fourth-order valence-electron chi connectivity index (χ4n) is 2.01. The summed E-state index contributed by atoms with van der Waals surface area (Å²) in [7, 11) is 0. The minimum absolute atomic E-state index is 0.293. The van der Waals surface area contributed by atoms with E-state index in [1.807, 2.05) is 23.2 Å². The number of piperidine rings is 1. The van der Waals surface area contributed by atoms with Crippen LogP contribution in [-0.2, 0) is 4.79 Å². The average molecular weight is 216 g/mol. The van der Waals surface area contributed by atoms with Crippen molar-refractivity contribution in [3.8, 4) is 0 Å². The zero-order valence-corrected chi connectivity index (χ0v) is 8.83. The van der Waals surface area contributed by atoms with Crippen molar-refractivity contribution in [2.75, 3.05) is 18.0 Å². The molecule has 3 heterocycles. The Morgan fingerprint density at radius 2 is 2.25 bits per heavy atom. The van der Waals surface area contributed by atoms with Crippen LogP contribution in [0.2, 0.25) is 0 Å². The molecule has 0 unspecified atom stereocenters. The van der Waals surface area contributed by atoms with E-state index >= 15 is 0 Å². The molecule has 3 rings (SSSR count). The lowest BCUT2D eigenvalue weighted by atomic mass is 10.1. The molecule has 5 heteroatoms. The third kappa shape index (κ3) is 1.54. The number of carbonyl (C=O) groups excluding carboxylic acids is 1. The van der Waals surface area contributed by atoms with Crippen LogP contribution in [-0.4, -0.2) is 33.5 Å². The normalized spacial score (nSPS) is 17.0. The van der Waals surface area contributed by atoms with Crippen molar-refractivity contribution < 1.29 is 4.79 Å². The molecule has 0 amide bonds. The van der Waals surface area contributed by atoms with E-state index in [2.05, 4.69) is 10.1 Å². The quantitative estimate of drug-likeness (QED) is 0.710. The third-order valence-corrected chi connectivity index (χ3v) is 2.82. The maximum absolute atomic E-state index is 11.4. The van der Waals surface area contributed by atoms with Gasteiger partial charge in [-0.1, -0.05) is 0 Å². The maximum atomic E-state index is 11.4. The van der Waals surface area contributed by atoms with Gasteiger partial charge in [-0.2, -0.15) is 5.10 Å². The molecular formula is C11H12N4O. The standard InChI is InChI=1S/C11H12N4O/c16-9-2-1-6-14(8-9)10-4-7-15-11(13-10)3-5-12-15/h3-5,7H,1-2,6,8H2. The fourth-order valence-corrected chi connectivity index (χ4v) is 2.01. The van der Waals surface area contributed by atoms with Crippen molar-refractivity contribution in [1.82, 2.24) is 14.6 Å². The first kappa shape index (κ1) is 9.33. The summed E-state index contributed by atoms with van der Waals surface area (Å²) in [6.45, 7) is 1.39. The predicted molar refractivity (Wildman–Crippen MR) is 59.4 cm³/mol. The van der Waals surface area contributed by atoms with E-state index < -0.39 is 0 Å². The number of aromatic nitrogens is 3. The molecule has 0 bridgehead atoms. The summed E-state index contributed by atoms with van der Waals surface area (Å²) in [5.74, 6) is 1.16. The van der Waals surface area contributed by atoms with Crippen LogP contribution in [0.15, 0.2) is 24.5 Å². The SMILES string of the molecule is O=C1CCCN(c2ccn3nccc3n2)C1. The van der Waals surface area contributed by atoms with Crippen molar-refractivity contribution >= 4 is 17.2 Å². The van der Waals surface area contributed by atoms with E-state index in [0.29, 0.717) is 18.7 Å². The number of Topliss-reactive ketones (excluding diaryl/α,β-unsaturated/α-hetero) is 1. The number of ketones is 1. The first-order valence-corrected chi connectivity index (χ1v) is 5.40. The summed E-state index contributed by atoms with van der Waals surface area (Å²) in [4.78, 5) is 17.9. The van der Waals surface area contributed by atoms with Gasteiger partial charge in [0.2, 0.25) is 0 Å². The van der Waals surface area contributed by atoms with Crippen LogP contribution in [0.1, 0.15) is 12.8 Å². The number of fused-ring (bicyclic) bond motifs is 1. The minimum Gasteiger partial charge on any atom is -0.349 e. The van der Waals surface area contributed by atoms with E-state index in [0.717, 1.165) is 24.4 Å². The maximum Gasteiger partial charge on any atom is 0.157 e. The molecule has 0 atom stereocenters. The first-order valence-electron chi connectivity index (χ1n) is 5.40. The number of anilines is 1. The Kier molecular flexibility index (Phi) is 2.09. The van der Waals surface area contributed by atoms with Crippen molar-refractivity contribution in [3.05, 3.63) is 24.5 Å². The van der Waals surface area contributed by atoms with Crippen LogP contribution in [0.3, 0.4) is 0 Å². The van der Waals surface area contributed by atoms with Gasteiger partial charge >= 0.3 is 0 Å². The first-order chi connectivity index (χ1) is 7.83. The highest BCUT2D eigenvalue weighted by Gasteiger charge is 2.18. The zero-order chi connectivity index (χ0) is 11.0. The van der Waals surface area contributed by atoms with Gasteiger partial charge in [-0.25, -0.2) is 9.50 Å². The number of hydrogen-bond acceptors (Lipinski definition) is 4. The molecule has 1 fully saturated rings. The largest absolute Gasteiger partial charge is 0.349 e. The molecule has 0 saturated carbocycles. The Balaban J connectivity index is 1.95. The molecule has 0 spiro atoms. The summed E-state index contributed by atoms with van der Waals surface area (Å²) in [6.07, 6.45) is 5.21. The van der Waals surface area contributed by atoms with Gasteiger partial charge in [-0.15, -0.1) is 0 Å². The van der Waals surface area contributed by atoms with Crippen LogP contribution >= 0.6 is 0 Å². The summed E-state index contributed by atoms with van der Waals surface area (Å²) in [6, 6.07) is 3.76. The molecule has 16 heavy (non-hydrogen) atoms. The Morgan fingerprint density at radius 3 is 3.12 bits per heavy atom. The van der Waals surface area contributed by atoms with E-state index in [1.54, 1.807) is 10.7 Å². The van der Waals surface area contributed by atoms with E-state index in [1.165, 1.54) is 0 Å². The van der Waals surface area contributed by atoms with E-state index in [4.69, 9.17) is 0 Å². The molecule has 0 aliphatic carbocycles. The second kappa shape index (κ2) is 3.59. The predicted octanol–water partition coefficient (Wildman–Crippen LogP) is 0.899. The molecule has 1 aliphatic rings. The molecule has 1 aliphatic heterocycles. The van der Waals surface area contributed by atoms with Gasteiger partial charge < -0.3 is 4.90 Å². The lowest BCUT2D eigenvalue weighted by Crippen LogP contribution is -2.36. The average Bonchev–Trinajstić information content (AvgIpc) is 2.75. The molecule has 0 aromatic carbocycles. The van der Waals surface area contributed by atoms with Crippen LogP contribution in [0, 0.1) is 0 Å². The summed E-state index contributed by atoms with van der Waals surface area (Å²) in [5.41, 5.74) is 0.815. The van der Waals surface area contributed by atoms with Crippen LogP contribution in [0.4, 0.5) is 5.82 Å². The molecule has 0 N–H and O–H groups in total. The van der Waals surface area contributed by atoms with Gasteiger partial charge in [-0.3, -0.25) is 4.79 Å². The van der Waals surface area contributed by atoms with Gasteiger partial charge in [0.25, 0.3) is 0 Å². The summed E-state index contributed by atoms with van der Waals surface area (Å²) in [5, 5.41) is 4.09. The van der Waals surface area contributed by atoms with Crippen LogP contribution in [0.25, 0.3) is 5.65 Å². The summed E-state index contributed by atoms with van der Waals surface area (Å²) < 4.78 is 1.72. The molecule has 2 aromatic heterocycles. The molecule has 1 saturated heterocycles. The van der Waals surface area contributed by atoms with E-state index in [-0.39, 0.29) is 0 Å². The Labute approximate surface area is 92.7 Å². The molecule has 0 radical (unpaired) electrons. The number of rotatable bonds is 1. The lowest BCUT2D eigenvalue weighted by Gasteiger charge is -2.26. The van der Waals surface area contributed by atoms with Gasteiger partial charge in [0.05, 0.1) is 12.7 Å². The lowest BCUT2D eigenvalue weighted by molar-refractivity contribution is -0.118. The molecule has 82 valence electrons.